The first kappa shape index (κ1) is 22.4. The molecule has 0 bridgehead atoms. The summed E-state index contributed by atoms with van der Waals surface area (Å²) < 4.78 is 45.9. The smallest absolute Gasteiger partial charge is 0.422 e. The minimum atomic E-state index is -4.53. The maximum Gasteiger partial charge on any atom is 0.422 e. The molecule has 0 amide bonds. The number of rotatable bonds is 4. The molecule has 35 heavy (non-hydrogen) atoms. The first-order chi connectivity index (χ1) is 16.6. The first-order valence-corrected chi connectivity index (χ1v) is 10.5. The lowest BCUT2D eigenvalue weighted by Crippen LogP contribution is -2.24. The third-order valence-corrected chi connectivity index (χ3v) is 5.58. The second-order valence-corrected chi connectivity index (χ2v) is 8.08. The maximum absolute atomic E-state index is 13.9. The van der Waals surface area contributed by atoms with E-state index in [4.69, 9.17) is 10.5 Å². The van der Waals surface area contributed by atoms with Gasteiger partial charge in [0.2, 0.25) is 5.88 Å². The fourth-order valence-electron chi connectivity index (χ4n) is 4.05. The number of aryl methyl sites for hydroxylation is 2. The predicted molar refractivity (Wildman–Crippen MR) is 126 cm³/mol. The number of nitrogens with two attached hydrogens (primary N) is 1. The maximum atomic E-state index is 13.9. The van der Waals surface area contributed by atoms with Crippen molar-refractivity contribution in [1.29, 1.82) is 0 Å². The Hall–Kier alpha value is -4.41. The summed E-state index contributed by atoms with van der Waals surface area (Å²) in [5, 5.41) is 5.80. The highest BCUT2D eigenvalue weighted by atomic mass is 19.4. The zero-order valence-electron chi connectivity index (χ0n) is 18.7. The van der Waals surface area contributed by atoms with Crippen molar-refractivity contribution < 1.29 is 17.9 Å². The number of alkyl halides is 3. The average molecular weight is 480 g/mol. The summed E-state index contributed by atoms with van der Waals surface area (Å²) in [7, 11) is 1.81. The van der Waals surface area contributed by atoms with Gasteiger partial charge in [-0.25, -0.2) is 4.98 Å². The van der Waals surface area contributed by atoms with Gasteiger partial charge in [-0.15, -0.1) is 0 Å². The Bertz CT molecular complexity index is 1640. The van der Waals surface area contributed by atoms with Gasteiger partial charge in [-0.2, -0.15) is 23.3 Å². The van der Waals surface area contributed by atoms with Crippen LogP contribution in [0.2, 0.25) is 0 Å². The Morgan fingerprint density at radius 1 is 1.11 bits per heavy atom. The van der Waals surface area contributed by atoms with Crippen molar-refractivity contribution in [3.05, 3.63) is 70.8 Å². The van der Waals surface area contributed by atoms with Crippen LogP contribution in [0.3, 0.4) is 0 Å². The first-order valence-electron chi connectivity index (χ1n) is 10.5. The Morgan fingerprint density at radius 2 is 1.91 bits per heavy atom. The second-order valence-electron chi connectivity index (χ2n) is 8.08. The van der Waals surface area contributed by atoms with Crippen LogP contribution in [-0.4, -0.2) is 37.1 Å². The fraction of sp³-hybridized carbons (Fsp3) is 0.167. The standard InChI is InChI=1S/C24H19F3N6O2/c1-13-17-5-8-20(35-12-24(25,26)27)30-22(17)33(16-4-7-19(28)29-10-16)23(34)21(13)14-3-6-18-15(9-14)11-32(2)31-18/h3-11H,12H2,1-2H3,(H2,28,29). The molecule has 4 heterocycles. The summed E-state index contributed by atoms with van der Waals surface area (Å²) in [6.07, 6.45) is -1.27. The van der Waals surface area contributed by atoms with Crippen molar-refractivity contribution in [3.63, 3.8) is 0 Å². The molecule has 178 valence electrons. The minimum absolute atomic E-state index is 0.143. The highest BCUT2D eigenvalue weighted by Crippen LogP contribution is 2.30. The summed E-state index contributed by atoms with van der Waals surface area (Å²) in [6, 6.07) is 11.6. The fourth-order valence-corrected chi connectivity index (χ4v) is 4.05. The Kier molecular flexibility index (Phi) is 5.19. The Labute approximate surface area is 196 Å². The largest absolute Gasteiger partial charge is 0.468 e. The molecule has 0 aliphatic carbocycles. The SMILES string of the molecule is Cc1c(-c2ccc3nn(C)cc3c2)c(=O)n(-c2ccc(N)nc2)c2nc(OCC(F)(F)F)ccc12. The number of benzene rings is 1. The monoisotopic (exact) mass is 480 g/mol. The lowest BCUT2D eigenvalue weighted by molar-refractivity contribution is -0.154. The zero-order valence-corrected chi connectivity index (χ0v) is 18.7. The minimum Gasteiger partial charge on any atom is -0.468 e. The van der Waals surface area contributed by atoms with E-state index in [2.05, 4.69) is 15.1 Å². The molecule has 0 atom stereocenters. The van der Waals surface area contributed by atoms with Gasteiger partial charge in [-0.1, -0.05) is 6.07 Å². The van der Waals surface area contributed by atoms with Gasteiger partial charge in [0.25, 0.3) is 5.56 Å². The van der Waals surface area contributed by atoms with Gasteiger partial charge < -0.3 is 10.5 Å². The topological polar surface area (TPSA) is 101 Å². The number of fused-ring (bicyclic) bond motifs is 2. The predicted octanol–water partition coefficient (Wildman–Crippen LogP) is 4.17. The summed E-state index contributed by atoms with van der Waals surface area (Å²) in [6.45, 7) is 0.275. The second kappa shape index (κ2) is 8.12. The number of hydrogen-bond donors (Lipinski definition) is 1. The molecule has 0 aliphatic heterocycles. The van der Waals surface area contributed by atoms with E-state index < -0.39 is 18.3 Å². The van der Waals surface area contributed by atoms with Crippen molar-refractivity contribution in [2.75, 3.05) is 12.3 Å². The van der Waals surface area contributed by atoms with Gasteiger partial charge in [0.1, 0.15) is 5.82 Å². The Morgan fingerprint density at radius 3 is 2.63 bits per heavy atom. The van der Waals surface area contributed by atoms with Gasteiger partial charge in [0, 0.05) is 30.1 Å². The molecule has 0 saturated heterocycles. The third kappa shape index (κ3) is 4.16. The molecule has 0 fully saturated rings. The van der Waals surface area contributed by atoms with Crippen molar-refractivity contribution in [2.45, 2.75) is 13.1 Å². The van der Waals surface area contributed by atoms with E-state index in [1.54, 1.807) is 23.7 Å². The molecule has 8 nitrogen and oxygen atoms in total. The zero-order chi connectivity index (χ0) is 24.9. The highest BCUT2D eigenvalue weighted by Gasteiger charge is 2.29. The lowest BCUT2D eigenvalue weighted by Gasteiger charge is -2.17. The number of pyridine rings is 3. The average Bonchev–Trinajstić information content (AvgIpc) is 3.18. The quantitative estimate of drug-likeness (QED) is 0.415. The van der Waals surface area contributed by atoms with E-state index in [0.29, 0.717) is 27.8 Å². The molecule has 2 N–H and O–H groups in total. The molecule has 1 aromatic carbocycles. The van der Waals surface area contributed by atoms with E-state index in [1.165, 1.54) is 22.9 Å². The van der Waals surface area contributed by atoms with Crippen molar-refractivity contribution in [1.82, 2.24) is 24.3 Å². The Balaban J connectivity index is 1.78. The normalized spacial score (nSPS) is 11.9. The van der Waals surface area contributed by atoms with Crippen LogP contribution in [0.15, 0.2) is 59.7 Å². The van der Waals surface area contributed by atoms with Gasteiger partial charge in [0.05, 0.1) is 23.0 Å². The van der Waals surface area contributed by atoms with Crippen molar-refractivity contribution >= 4 is 27.8 Å². The van der Waals surface area contributed by atoms with Gasteiger partial charge in [-0.05, 0) is 48.4 Å². The summed E-state index contributed by atoms with van der Waals surface area (Å²) in [4.78, 5) is 22.2. The van der Waals surface area contributed by atoms with Crippen LogP contribution in [0.1, 0.15) is 5.56 Å². The van der Waals surface area contributed by atoms with Gasteiger partial charge in [-0.3, -0.25) is 14.0 Å². The number of ether oxygens (including phenoxy) is 1. The molecule has 0 spiro atoms. The van der Waals surface area contributed by atoms with E-state index in [9.17, 15) is 18.0 Å². The van der Waals surface area contributed by atoms with E-state index in [1.807, 2.05) is 31.4 Å². The van der Waals surface area contributed by atoms with Crippen LogP contribution < -0.4 is 16.0 Å². The number of anilines is 1. The molecule has 4 aromatic heterocycles. The van der Waals surface area contributed by atoms with Crippen LogP contribution in [0.25, 0.3) is 38.8 Å². The number of nitrogen functional groups attached to an aromatic ring is 1. The molecular formula is C24H19F3N6O2. The van der Waals surface area contributed by atoms with E-state index >= 15 is 0 Å². The van der Waals surface area contributed by atoms with E-state index in [-0.39, 0.29) is 17.3 Å². The van der Waals surface area contributed by atoms with Crippen LogP contribution in [0.4, 0.5) is 19.0 Å². The molecular weight excluding hydrogens is 461 g/mol. The molecule has 0 aliphatic rings. The number of aromatic nitrogens is 5. The summed E-state index contributed by atoms with van der Waals surface area (Å²) >= 11 is 0. The third-order valence-electron chi connectivity index (χ3n) is 5.58. The van der Waals surface area contributed by atoms with Crippen molar-refractivity contribution in [3.8, 4) is 22.7 Å². The van der Waals surface area contributed by atoms with Crippen LogP contribution in [0, 0.1) is 6.92 Å². The van der Waals surface area contributed by atoms with Crippen LogP contribution in [-0.2, 0) is 7.05 Å². The molecule has 0 unspecified atom stereocenters. The number of hydrogen-bond acceptors (Lipinski definition) is 6. The van der Waals surface area contributed by atoms with Crippen LogP contribution >= 0.6 is 0 Å². The van der Waals surface area contributed by atoms with Gasteiger partial charge in [0.15, 0.2) is 12.3 Å². The van der Waals surface area contributed by atoms with Crippen molar-refractivity contribution in [2.24, 2.45) is 7.05 Å². The number of halogens is 3. The van der Waals surface area contributed by atoms with E-state index in [0.717, 1.165) is 10.9 Å². The summed E-state index contributed by atoms with van der Waals surface area (Å²) in [5.74, 6) is -0.00191. The molecule has 5 rings (SSSR count). The summed E-state index contributed by atoms with van der Waals surface area (Å²) in [5.41, 5.74) is 8.31. The number of nitrogens with zero attached hydrogens (tertiary/aromatic N) is 5. The molecule has 0 radical (unpaired) electrons. The van der Waals surface area contributed by atoms with Crippen LogP contribution in [0.5, 0.6) is 5.88 Å². The lowest BCUT2D eigenvalue weighted by atomic mass is 9.98. The molecule has 11 heteroatoms. The highest BCUT2D eigenvalue weighted by molar-refractivity contribution is 5.91. The molecule has 5 aromatic rings. The van der Waals surface area contributed by atoms with Gasteiger partial charge >= 0.3 is 6.18 Å². The molecule has 0 saturated carbocycles.